The Balaban J connectivity index is 4.67. The lowest BCUT2D eigenvalue weighted by Crippen LogP contribution is -2.03. The number of nitriles is 1. The average Bonchev–Trinajstić information content (AvgIpc) is 2.70. The van der Waals surface area contributed by atoms with E-state index in [9.17, 15) is 5.26 Å². The SMILES string of the molecule is C=C(CCCC/C=C/C(=C/C)C(C=C(C#N)/C=C/C)C(=C)CC)CCCC(C)C. The third-order valence-electron chi connectivity index (χ3n) is 5.18. The van der Waals surface area contributed by atoms with Crippen LogP contribution in [0.2, 0.25) is 0 Å². The summed E-state index contributed by atoms with van der Waals surface area (Å²) in [7, 11) is 0. The minimum atomic E-state index is 0.0906. The highest BCUT2D eigenvalue weighted by Crippen LogP contribution is 2.26. The first kappa shape index (κ1) is 26.9. The summed E-state index contributed by atoms with van der Waals surface area (Å²) in [6.45, 7) is 19.2. The van der Waals surface area contributed by atoms with E-state index in [0.717, 1.165) is 30.8 Å². The maximum Gasteiger partial charge on any atom is 0.0988 e. The van der Waals surface area contributed by atoms with Crippen LogP contribution in [0.25, 0.3) is 0 Å². The van der Waals surface area contributed by atoms with Gasteiger partial charge in [0.15, 0.2) is 0 Å². The summed E-state index contributed by atoms with van der Waals surface area (Å²) >= 11 is 0. The largest absolute Gasteiger partial charge is 0.192 e. The summed E-state index contributed by atoms with van der Waals surface area (Å²) in [5, 5.41) is 9.37. The van der Waals surface area contributed by atoms with Gasteiger partial charge in [-0.1, -0.05) is 81.9 Å². The molecular weight excluding hydrogens is 350 g/mol. The third kappa shape index (κ3) is 12.9. The summed E-state index contributed by atoms with van der Waals surface area (Å²) in [4.78, 5) is 0. The Morgan fingerprint density at radius 3 is 2.28 bits per heavy atom. The molecule has 0 bridgehead atoms. The van der Waals surface area contributed by atoms with Gasteiger partial charge in [0.1, 0.15) is 0 Å². The van der Waals surface area contributed by atoms with E-state index in [4.69, 9.17) is 0 Å². The minimum Gasteiger partial charge on any atom is -0.192 e. The van der Waals surface area contributed by atoms with Gasteiger partial charge in [0.05, 0.1) is 6.07 Å². The van der Waals surface area contributed by atoms with E-state index >= 15 is 0 Å². The molecule has 0 aromatic rings. The molecular formula is C28H43N. The zero-order valence-corrected chi connectivity index (χ0v) is 19.6. The van der Waals surface area contributed by atoms with E-state index in [1.54, 1.807) is 0 Å². The number of hydrogen-bond acceptors (Lipinski definition) is 1. The van der Waals surface area contributed by atoms with Crippen LogP contribution in [-0.2, 0) is 0 Å². The van der Waals surface area contributed by atoms with Gasteiger partial charge in [-0.15, -0.1) is 0 Å². The van der Waals surface area contributed by atoms with Gasteiger partial charge in [0.2, 0.25) is 0 Å². The van der Waals surface area contributed by atoms with E-state index in [0.29, 0.717) is 5.57 Å². The number of rotatable bonds is 15. The van der Waals surface area contributed by atoms with E-state index in [1.807, 2.05) is 25.2 Å². The molecule has 1 nitrogen and oxygen atoms in total. The number of unbranched alkanes of at least 4 members (excludes halogenated alkanes) is 2. The summed E-state index contributed by atoms with van der Waals surface area (Å²) in [5.41, 5.74) is 4.45. The molecule has 0 saturated carbocycles. The van der Waals surface area contributed by atoms with Crippen molar-refractivity contribution in [1.29, 1.82) is 5.26 Å². The summed E-state index contributed by atoms with van der Waals surface area (Å²) in [6, 6.07) is 2.28. The first-order valence-electron chi connectivity index (χ1n) is 11.3. The standard InChI is InChI=1S/C28H43N/c1-8-16-26(22-29)21-28(25(7)9-2)27(10-3)20-14-12-11-13-18-24(6)19-15-17-23(4)5/h8,10,14,16,20-21,23,28H,6-7,9,11-13,15,17-19H2,1-5H3/b16-8+,20-14+,26-21?,27-10-. The zero-order chi connectivity index (χ0) is 22.1. The van der Waals surface area contributed by atoms with Crippen molar-refractivity contribution in [1.82, 2.24) is 0 Å². The first-order chi connectivity index (χ1) is 13.9. The monoisotopic (exact) mass is 393 g/mol. The molecule has 0 N–H and O–H groups in total. The fourth-order valence-corrected chi connectivity index (χ4v) is 3.28. The van der Waals surface area contributed by atoms with Crippen LogP contribution in [-0.4, -0.2) is 0 Å². The maximum absolute atomic E-state index is 9.37. The van der Waals surface area contributed by atoms with Gasteiger partial charge in [-0.05, 0) is 76.4 Å². The maximum atomic E-state index is 9.37. The molecule has 29 heavy (non-hydrogen) atoms. The van der Waals surface area contributed by atoms with Gasteiger partial charge >= 0.3 is 0 Å². The molecule has 1 unspecified atom stereocenters. The van der Waals surface area contributed by atoms with Crippen LogP contribution in [0.1, 0.15) is 86.0 Å². The van der Waals surface area contributed by atoms with Crippen molar-refractivity contribution in [2.75, 3.05) is 0 Å². The molecule has 0 spiro atoms. The minimum absolute atomic E-state index is 0.0906. The van der Waals surface area contributed by atoms with Crippen molar-refractivity contribution in [2.45, 2.75) is 86.0 Å². The van der Waals surface area contributed by atoms with Crippen molar-refractivity contribution in [3.63, 3.8) is 0 Å². The van der Waals surface area contributed by atoms with Crippen molar-refractivity contribution < 1.29 is 0 Å². The molecule has 0 rings (SSSR count). The van der Waals surface area contributed by atoms with Crippen LogP contribution < -0.4 is 0 Å². The predicted molar refractivity (Wildman–Crippen MR) is 131 cm³/mol. The van der Waals surface area contributed by atoms with Crippen molar-refractivity contribution in [3.05, 3.63) is 71.9 Å². The third-order valence-corrected chi connectivity index (χ3v) is 5.18. The Bertz CT molecular complexity index is 646. The van der Waals surface area contributed by atoms with Crippen LogP contribution in [0.5, 0.6) is 0 Å². The zero-order valence-electron chi connectivity index (χ0n) is 19.6. The van der Waals surface area contributed by atoms with Crippen LogP contribution in [0, 0.1) is 23.2 Å². The van der Waals surface area contributed by atoms with Gasteiger partial charge < -0.3 is 0 Å². The second kappa shape index (κ2) is 16.8. The number of nitrogens with zero attached hydrogens (tertiary/aromatic N) is 1. The molecule has 0 fully saturated rings. The second-order valence-corrected chi connectivity index (χ2v) is 8.20. The number of allylic oxidation sites excluding steroid dienone is 10. The molecule has 160 valence electrons. The van der Waals surface area contributed by atoms with Crippen molar-refractivity contribution in [3.8, 4) is 6.07 Å². The number of hydrogen-bond donors (Lipinski definition) is 0. The van der Waals surface area contributed by atoms with E-state index in [1.165, 1.54) is 43.3 Å². The molecule has 0 radical (unpaired) electrons. The fraction of sp³-hybridized carbons (Fsp3) is 0.536. The Kier molecular flexibility index (Phi) is 15.6. The lowest BCUT2D eigenvalue weighted by molar-refractivity contribution is 0.549. The van der Waals surface area contributed by atoms with Crippen LogP contribution in [0.4, 0.5) is 0 Å². The predicted octanol–water partition coefficient (Wildman–Crippen LogP) is 9.04. The van der Waals surface area contributed by atoms with Crippen molar-refractivity contribution in [2.24, 2.45) is 11.8 Å². The molecule has 0 aliphatic carbocycles. The molecule has 0 aliphatic rings. The van der Waals surface area contributed by atoms with Gasteiger partial charge in [0, 0.05) is 11.5 Å². The molecule has 0 aliphatic heterocycles. The highest BCUT2D eigenvalue weighted by molar-refractivity contribution is 5.41. The van der Waals surface area contributed by atoms with Gasteiger partial charge in [-0.3, -0.25) is 0 Å². The smallest absolute Gasteiger partial charge is 0.0988 e. The Labute approximate surface area is 181 Å². The summed E-state index contributed by atoms with van der Waals surface area (Å²) in [5.74, 6) is 0.881. The summed E-state index contributed by atoms with van der Waals surface area (Å²) < 4.78 is 0. The van der Waals surface area contributed by atoms with Gasteiger partial charge in [0.25, 0.3) is 0 Å². The first-order valence-corrected chi connectivity index (χ1v) is 11.3. The molecule has 1 heteroatoms. The molecule has 0 saturated heterocycles. The van der Waals surface area contributed by atoms with E-state index in [-0.39, 0.29) is 5.92 Å². The summed E-state index contributed by atoms with van der Waals surface area (Å²) in [6.07, 6.45) is 21.7. The quantitative estimate of drug-likeness (QED) is 0.118. The van der Waals surface area contributed by atoms with Crippen LogP contribution in [0.15, 0.2) is 71.9 Å². The van der Waals surface area contributed by atoms with Crippen LogP contribution in [0.3, 0.4) is 0 Å². The van der Waals surface area contributed by atoms with Crippen LogP contribution >= 0.6 is 0 Å². The van der Waals surface area contributed by atoms with Gasteiger partial charge in [-0.25, -0.2) is 0 Å². The highest BCUT2D eigenvalue weighted by atomic mass is 14.2. The second-order valence-electron chi connectivity index (χ2n) is 8.20. The topological polar surface area (TPSA) is 23.8 Å². The molecule has 0 heterocycles. The van der Waals surface area contributed by atoms with E-state index in [2.05, 4.69) is 65.2 Å². The molecule has 1 atom stereocenters. The Morgan fingerprint density at radius 2 is 1.72 bits per heavy atom. The van der Waals surface area contributed by atoms with Crippen molar-refractivity contribution >= 4 is 0 Å². The van der Waals surface area contributed by atoms with E-state index < -0.39 is 0 Å². The Hall–Kier alpha value is -2.07. The average molecular weight is 394 g/mol. The fourth-order valence-electron chi connectivity index (χ4n) is 3.28. The molecule has 0 amide bonds. The highest BCUT2D eigenvalue weighted by Gasteiger charge is 2.12. The lowest BCUT2D eigenvalue weighted by atomic mass is 9.87. The molecule has 0 aromatic carbocycles. The van der Waals surface area contributed by atoms with Gasteiger partial charge in [-0.2, -0.15) is 5.26 Å². The Morgan fingerprint density at radius 1 is 1.03 bits per heavy atom. The molecule has 0 aromatic heterocycles. The lowest BCUT2D eigenvalue weighted by Gasteiger charge is -2.17. The normalized spacial score (nSPS) is 14.0.